The van der Waals surface area contributed by atoms with E-state index < -0.39 is 17.9 Å². The normalized spacial score (nSPS) is 10.3. The molecule has 0 saturated carbocycles. The molecule has 0 amide bonds. The Morgan fingerprint density at radius 1 is 1.00 bits per heavy atom. The number of ether oxygens (including phenoxy) is 2. The SMILES string of the molecule is C=CC(=O)OCCCCOC(=O)/C=C/c1ccc(C(=O)O)cc1. The number of aromatic carboxylic acids is 1. The number of hydrogen-bond donors (Lipinski definition) is 1. The Hall–Kier alpha value is -2.89. The highest BCUT2D eigenvalue weighted by atomic mass is 16.5. The van der Waals surface area contributed by atoms with Crippen molar-refractivity contribution in [3.8, 4) is 0 Å². The van der Waals surface area contributed by atoms with E-state index in [0.29, 0.717) is 18.4 Å². The fourth-order valence-electron chi connectivity index (χ4n) is 1.56. The van der Waals surface area contributed by atoms with Crippen LogP contribution in [0.25, 0.3) is 6.08 Å². The Bertz CT molecular complexity index is 586. The second kappa shape index (κ2) is 9.94. The molecule has 0 aliphatic carbocycles. The highest BCUT2D eigenvalue weighted by Gasteiger charge is 2.01. The molecule has 1 aromatic carbocycles. The van der Waals surface area contributed by atoms with Crippen LogP contribution in [0.2, 0.25) is 0 Å². The average molecular weight is 318 g/mol. The van der Waals surface area contributed by atoms with Crippen LogP contribution in [0, 0.1) is 0 Å². The van der Waals surface area contributed by atoms with Gasteiger partial charge in [-0.05, 0) is 36.6 Å². The molecule has 0 heterocycles. The zero-order valence-electron chi connectivity index (χ0n) is 12.6. The second-order valence-electron chi connectivity index (χ2n) is 4.51. The molecule has 0 aliphatic heterocycles. The summed E-state index contributed by atoms with van der Waals surface area (Å²) < 4.78 is 9.76. The van der Waals surface area contributed by atoms with Crippen LogP contribution in [0.3, 0.4) is 0 Å². The van der Waals surface area contributed by atoms with Crippen molar-refractivity contribution < 1.29 is 29.0 Å². The van der Waals surface area contributed by atoms with Crippen LogP contribution in [0.5, 0.6) is 0 Å². The minimum atomic E-state index is -1.00. The van der Waals surface area contributed by atoms with Crippen LogP contribution in [0.4, 0.5) is 0 Å². The van der Waals surface area contributed by atoms with Crippen molar-refractivity contribution in [2.75, 3.05) is 13.2 Å². The summed E-state index contributed by atoms with van der Waals surface area (Å²) in [5.74, 6) is -1.96. The van der Waals surface area contributed by atoms with Gasteiger partial charge in [-0.25, -0.2) is 14.4 Å². The Labute approximate surface area is 134 Å². The first kappa shape index (κ1) is 18.2. The summed E-state index contributed by atoms with van der Waals surface area (Å²) in [7, 11) is 0. The first-order valence-corrected chi connectivity index (χ1v) is 7.00. The average Bonchev–Trinajstić information content (AvgIpc) is 2.56. The number of carbonyl (C=O) groups is 3. The molecule has 1 rings (SSSR count). The van der Waals surface area contributed by atoms with Gasteiger partial charge < -0.3 is 14.6 Å². The highest BCUT2D eigenvalue weighted by molar-refractivity contribution is 5.89. The van der Waals surface area contributed by atoms with Gasteiger partial charge in [0.15, 0.2) is 0 Å². The Kier molecular flexibility index (Phi) is 7.85. The van der Waals surface area contributed by atoms with Crippen molar-refractivity contribution in [1.82, 2.24) is 0 Å². The van der Waals surface area contributed by atoms with Crippen LogP contribution >= 0.6 is 0 Å². The van der Waals surface area contributed by atoms with Gasteiger partial charge >= 0.3 is 17.9 Å². The lowest BCUT2D eigenvalue weighted by Crippen LogP contribution is -2.05. The standard InChI is InChI=1S/C17H18O6/c1-2-15(18)22-11-3-4-12-23-16(19)10-7-13-5-8-14(9-6-13)17(20)21/h2,5-10H,1,3-4,11-12H2,(H,20,21)/b10-7+. The highest BCUT2D eigenvalue weighted by Crippen LogP contribution is 2.06. The van der Waals surface area contributed by atoms with E-state index in [1.165, 1.54) is 18.2 Å². The quantitative estimate of drug-likeness (QED) is 0.427. The zero-order valence-corrected chi connectivity index (χ0v) is 12.6. The van der Waals surface area contributed by atoms with Gasteiger partial charge in [0.2, 0.25) is 0 Å². The van der Waals surface area contributed by atoms with E-state index in [1.54, 1.807) is 18.2 Å². The van der Waals surface area contributed by atoms with E-state index in [4.69, 9.17) is 14.6 Å². The van der Waals surface area contributed by atoms with Gasteiger partial charge in [-0.3, -0.25) is 0 Å². The van der Waals surface area contributed by atoms with Crippen LogP contribution in [-0.2, 0) is 19.1 Å². The maximum absolute atomic E-state index is 11.5. The third kappa shape index (κ3) is 7.61. The first-order chi connectivity index (χ1) is 11.0. The third-order valence-electron chi connectivity index (χ3n) is 2.76. The predicted octanol–water partition coefficient (Wildman–Crippen LogP) is 2.45. The summed E-state index contributed by atoms with van der Waals surface area (Å²) in [5.41, 5.74) is 0.880. The summed E-state index contributed by atoms with van der Waals surface area (Å²) in [6.45, 7) is 3.76. The molecular formula is C17H18O6. The molecule has 0 saturated heterocycles. The Balaban J connectivity index is 2.24. The first-order valence-electron chi connectivity index (χ1n) is 7.00. The van der Waals surface area contributed by atoms with Gasteiger partial charge in [0, 0.05) is 12.2 Å². The minimum Gasteiger partial charge on any atom is -0.478 e. The predicted molar refractivity (Wildman–Crippen MR) is 83.8 cm³/mol. The Morgan fingerprint density at radius 2 is 1.57 bits per heavy atom. The van der Waals surface area contributed by atoms with Crippen molar-refractivity contribution in [2.45, 2.75) is 12.8 Å². The van der Waals surface area contributed by atoms with E-state index >= 15 is 0 Å². The molecule has 23 heavy (non-hydrogen) atoms. The van der Waals surface area contributed by atoms with Crippen LogP contribution < -0.4 is 0 Å². The molecule has 0 aliphatic rings. The van der Waals surface area contributed by atoms with Gasteiger partial charge in [0.25, 0.3) is 0 Å². The number of hydrogen-bond acceptors (Lipinski definition) is 5. The van der Waals surface area contributed by atoms with Crippen molar-refractivity contribution in [2.24, 2.45) is 0 Å². The topological polar surface area (TPSA) is 89.9 Å². The van der Waals surface area contributed by atoms with Gasteiger partial charge in [0.1, 0.15) is 0 Å². The van der Waals surface area contributed by atoms with E-state index in [-0.39, 0.29) is 18.8 Å². The van der Waals surface area contributed by atoms with Crippen LogP contribution in [-0.4, -0.2) is 36.2 Å². The minimum absolute atomic E-state index is 0.182. The lowest BCUT2D eigenvalue weighted by atomic mass is 10.1. The molecule has 0 unspecified atom stereocenters. The molecule has 0 aromatic heterocycles. The number of unbranched alkanes of at least 4 members (excludes halogenated alkanes) is 1. The molecule has 0 radical (unpaired) electrons. The maximum Gasteiger partial charge on any atom is 0.335 e. The molecule has 0 fully saturated rings. The molecule has 0 spiro atoms. The van der Waals surface area contributed by atoms with E-state index in [0.717, 1.165) is 6.08 Å². The fourth-order valence-corrected chi connectivity index (χ4v) is 1.56. The van der Waals surface area contributed by atoms with Gasteiger partial charge in [-0.2, -0.15) is 0 Å². The number of rotatable bonds is 9. The lowest BCUT2D eigenvalue weighted by molar-refractivity contribution is -0.140. The van der Waals surface area contributed by atoms with Gasteiger partial charge in [-0.1, -0.05) is 18.7 Å². The molecule has 122 valence electrons. The molecule has 6 nitrogen and oxygen atoms in total. The lowest BCUT2D eigenvalue weighted by Gasteiger charge is -2.03. The smallest absolute Gasteiger partial charge is 0.335 e. The Morgan fingerprint density at radius 3 is 2.09 bits per heavy atom. The molecule has 1 N–H and O–H groups in total. The summed E-state index contributed by atoms with van der Waals surface area (Å²) in [5, 5.41) is 8.77. The molecule has 1 aromatic rings. The summed E-state index contributed by atoms with van der Waals surface area (Å²) in [6.07, 6.45) is 5.08. The summed E-state index contributed by atoms with van der Waals surface area (Å²) >= 11 is 0. The largest absolute Gasteiger partial charge is 0.478 e. The van der Waals surface area contributed by atoms with Crippen LogP contribution in [0.1, 0.15) is 28.8 Å². The molecule has 0 atom stereocenters. The van der Waals surface area contributed by atoms with E-state index in [1.807, 2.05) is 0 Å². The molecule has 6 heteroatoms. The maximum atomic E-state index is 11.5. The third-order valence-corrected chi connectivity index (χ3v) is 2.76. The van der Waals surface area contributed by atoms with Crippen molar-refractivity contribution >= 4 is 24.0 Å². The van der Waals surface area contributed by atoms with E-state index in [9.17, 15) is 14.4 Å². The number of carboxylic acid groups (broad SMARTS) is 1. The molecule has 0 bridgehead atoms. The van der Waals surface area contributed by atoms with Gasteiger partial charge in [0.05, 0.1) is 18.8 Å². The summed E-state index contributed by atoms with van der Waals surface area (Å²) in [4.78, 5) is 32.9. The van der Waals surface area contributed by atoms with E-state index in [2.05, 4.69) is 6.58 Å². The van der Waals surface area contributed by atoms with Crippen molar-refractivity contribution in [1.29, 1.82) is 0 Å². The molecular weight excluding hydrogens is 300 g/mol. The second-order valence-corrected chi connectivity index (χ2v) is 4.51. The van der Waals surface area contributed by atoms with Crippen molar-refractivity contribution in [3.05, 3.63) is 54.1 Å². The number of benzene rings is 1. The monoisotopic (exact) mass is 318 g/mol. The van der Waals surface area contributed by atoms with Crippen LogP contribution in [0.15, 0.2) is 43.0 Å². The summed E-state index contributed by atoms with van der Waals surface area (Å²) in [6, 6.07) is 6.11. The number of carbonyl (C=O) groups excluding carboxylic acids is 2. The van der Waals surface area contributed by atoms with Crippen molar-refractivity contribution in [3.63, 3.8) is 0 Å². The fraction of sp³-hybridized carbons (Fsp3) is 0.235. The number of carboxylic acids is 1. The van der Waals surface area contributed by atoms with Gasteiger partial charge in [-0.15, -0.1) is 0 Å². The zero-order chi connectivity index (χ0) is 17.1. The number of esters is 2.